The topological polar surface area (TPSA) is 111 Å². The lowest BCUT2D eigenvalue weighted by Gasteiger charge is -2.28. The summed E-state index contributed by atoms with van der Waals surface area (Å²) in [6.07, 6.45) is 48.8. The molecule has 9 nitrogen and oxygen atoms in total. The minimum atomic E-state index is -4.63. The SMILES string of the molecule is CCCCC/C=C\C/C=C\CCCCCCCC(=O)OC(COC(=O)CCCCCCCCCCC/C=C\CCCCCCCCCC)COP(=O)([O-])OCC[N+](C)(C)C. The van der Waals surface area contributed by atoms with Crippen LogP contribution in [-0.4, -0.2) is 70.0 Å². The fourth-order valence-corrected chi connectivity index (χ4v) is 7.47. The van der Waals surface area contributed by atoms with Crippen molar-refractivity contribution in [2.24, 2.45) is 0 Å². The van der Waals surface area contributed by atoms with Gasteiger partial charge in [0.1, 0.15) is 19.8 Å². The van der Waals surface area contributed by atoms with Gasteiger partial charge in [0, 0.05) is 12.8 Å². The number of quaternary nitrogens is 1. The Morgan fingerprint density at radius 3 is 1.37 bits per heavy atom. The molecule has 0 aromatic rings. The van der Waals surface area contributed by atoms with Crippen molar-refractivity contribution in [1.82, 2.24) is 0 Å². The van der Waals surface area contributed by atoms with E-state index in [1.165, 1.54) is 128 Å². The Bertz CT molecular complexity index is 1120. The zero-order valence-corrected chi connectivity index (χ0v) is 40.6. The number of hydrogen-bond acceptors (Lipinski definition) is 8. The van der Waals surface area contributed by atoms with Gasteiger partial charge in [-0.05, 0) is 70.6 Å². The van der Waals surface area contributed by atoms with Crippen molar-refractivity contribution in [3.8, 4) is 0 Å². The lowest BCUT2D eigenvalue weighted by molar-refractivity contribution is -0.870. The Kier molecular flexibility index (Phi) is 41.3. The summed E-state index contributed by atoms with van der Waals surface area (Å²) in [4.78, 5) is 37.6. The van der Waals surface area contributed by atoms with E-state index in [9.17, 15) is 19.0 Å². The molecule has 0 aliphatic carbocycles. The number of phosphoric acid groups is 1. The molecule has 0 spiro atoms. The predicted molar refractivity (Wildman–Crippen MR) is 250 cm³/mol. The molecule has 0 amide bonds. The summed E-state index contributed by atoms with van der Waals surface area (Å²) in [5.41, 5.74) is 0. The van der Waals surface area contributed by atoms with E-state index in [0.717, 1.165) is 57.8 Å². The predicted octanol–water partition coefficient (Wildman–Crippen LogP) is 13.8. The van der Waals surface area contributed by atoms with Crippen molar-refractivity contribution in [3.63, 3.8) is 0 Å². The first-order valence-corrected chi connectivity index (χ1v) is 26.2. The number of ether oxygens (including phenoxy) is 2. The van der Waals surface area contributed by atoms with Crippen LogP contribution >= 0.6 is 7.82 Å². The average molecular weight is 868 g/mol. The number of phosphoric ester groups is 1. The lowest BCUT2D eigenvalue weighted by Crippen LogP contribution is -2.37. The first kappa shape index (κ1) is 58.2. The molecule has 10 heteroatoms. The Morgan fingerprint density at radius 1 is 0.517 bits per heavy atom. The number of unbranched alkanes of at least 4 members (excludes halogenated alkanes) is 25. The van der Waals surface area contributed by atoms with Gasteiger partial charge in [-0.25, -0.2) is 0 Å². The summed E-state index contributed by atoms with van der Waals surface area (Å²) in [6.45, 7) is 4.20. The minimum Gasteiger partial charge on any atom is -0.756 e. The van der Waals surface area contributed by atoms with Crippen LogP contribution in [0.2, 0.25) is 0 Å². The molecule has 0 saturated carbocycles. The van der Waals surface area contributed by atoms with Crippen LogP contribution in [0.3, 0.4) is 0 Å². The smallest absolute Gasteiger partial charge is 0.306 e. The highest BCUT2D eigenvalue weighted by molar-refractivity contribution is 7.45. The minimum absolute atomic E-state index is 0.0339. The number of esters is 2. The van der Waals surface area contributed by atoms with Gasteiger partial charge in [-0.3, -0.25) is 14.2 Å². The van der Waals surface area contributed by atoms with E-state index in [1.807, 2.05) is 21.1 Å². The fraction of sp³-hybridized carbons (Fsp3) is 0.840. The van der Waals surface area contributed by atoms with Gasteiger partial charge in [0.05, 0.1) is 27.7 Å². The van der Waals surface area contributed by atoms with Crippen LogP contribution < -0.4 is 4.89 Å². The third kappa shape index (κ3) is 45.7. The van der Waals surface area contributed by atoms with Gasteiger partial charge in [-0.1, -0.05) is 172 Å². The second-order valence-corrected chi connectivity index (χ2v) is 19.2. The maximum atomic E-state index is 12.7. The van der Waals surface area contributed by atoms with E-state index in [4.69, 9.17) is 18.5 Å². The highest BCUT2D eigenvalue weighted by Crippen LogP contribution is 2.38. The van der Waals surface area contributed by atoms with Gasteiger partial charge >= 0.3 is 11.9 Å². The number of carbonyl (C=O) groups is 2. The van der Waals surface area contributed by atoms with Crippen molar-refractivity contribution in [3.05, 3.63) is 36.5 Å². The molecule has 2 atom stereocenters. The quantitative estimate of drug-likeness (QED) is 0.0196. The molecule has 0 radical (unpaired) electrons. The number of allylic oxidation sites excluding steroid dienone is 6. The van der Waals surface area contributed by atoms with Gasteiger partial charge in [-0.15, -0.1) is 0 Å². The molecule has 352 valence electrons. The molecular weight excluding hydrogens is 774 g/mol. The third-order valence-electron chi connectivity index (χ3n) is 10.6. The van der Waals surface area contributed by atoms with Crippen LogP contribution in [0.15, 0.2) is 36.5 Å². The van der Waals surface area contributed by atoms with E-state index < -0.39 is 26.5 Å². The monoisotopic (exact) mass is 868 g/mol. The normalized spacial score (nSPS) is 13.8. The van der Waals surface area contributed by atoms with Crippen LogP contribution in [-0.2, 0) is 32.7 Å². The van der Waals surface area contributed by atoms with Gasteiger partial charge in [0.2, 0.25) is 0 Å². The molecule has 0 aliphatic heterocycles. The third-order valence-corrected chi connectivity index (χ3v) is 11.6. The molecule has 0 aromatic heterocycles. The van der Waals surface area contributed by atoms with Gasteiger partial charge in [-0.2, -0.15) is 0 Å². The van der Waals surface area contributed by atoms with Crippen molar-refractivity contribution >= 4 is 19.8 Å². The van der Waals surface area contributed by atoms with Gasteiger partial charge in [0.25, 0.3) is 7.82 Å². The number of nitrogens with zero attached hydrogens (tertiary/aromatic N) is 1. The second-order valence-electron chi connectivity index (χ2n) is 17.8. The maximum Gasteiger partial charge on any atom is 0.306 e. The standard InChI is InChI=1S/C50H94NO8P/c1-6-8-10-12-14-16-18-20-22-23-24-25-26-27-29-30-32-34-36-38-40-42-49(52)56-46-48(47-58-60(54,55)57-45-44-51(3,4)5)59-50(53)43-41-39-37-35-33-31-28-21-19-17-15-13-11-9-7-2/h15,17,21,23-24,28,48H,6-14,16,18-20,22,25-27,29-47H2,1-5H3/b17-15-,24-23-,28-21-. The first-order chi connectivity index (χ1) is 29.0. The Balaban J connectivity index is 4.26. The van der Waals surface area contributed by atoms with Gasteiger partial charge < -0.3 is 27.9 Å². The van der Waals surface area contributed by atoms with Crippen LogP contribution in [0.1, 0.15) is 219 Å². The van der Waals surface area contributed by atoms with Crippen molar-refractivity contribution in [2.45, 2.75) is 225 Å². The number of carbonyl (C=O) groups excluding carboxylic acids is 2. The summed E-state index contributed by atoms with van der Waals surface area (Å²) < 4.78 is 34.0. The van der Waals surface area contributed by atoms with E-state index in [1.54, 1.807) is 0 Å². The number of rotatable bonds is 45. The summed E-state index contributed by atoms with van der Waals surface area (Å²) in [6, 6.07) is 0. The van der Waals surface area contributed by atoms with Gasteiger partial charge in [0.15, 0.2) is 6.10 Å². The van der Waals surface area contributed by atoms with Crippen LogP contribution in [0, 0.1) is 0 Å². The molecule has 2 unspecified atom stereocenters. The molecule has 60 heavy (non-hydrogen) atoms. The largest absolute Gasteiger partial charge is 0.756 e. The molecule has 0 bridgehead atoms. The number of likely N-dealkylation sites (N-methyl/N-ethyl adjacent to an activating group) is 1. The Labute approximate surface area is 370 Å². The highest BCUT2D eigenvalue weighted by atomic mass is 31.2. The lowest BCUT2D eigenvalue weighted by atomic mass is 10.1. The molecule has 0 rings (SSSR count). The Hall–Kier alpha value is -1.77. The molecule has 0 saturated heterocycles. The zero-order chi connectivity index (χ0) is 44.3. The van der Waals surface area contributed by atoms with Crippen LogP contribution in [0.4, 0.5) is 0 Å². The zero-order valence-electron chi connectivity index (χ0n) is 39.7. The van der Waals surface area contributed by atoms with E-state index >= 15 is 0 Å². The van der Waals surface area contributed by atoms with Crippen molar-refractivity contribution < 1.29 is 42.1 Å². The Morgan fingerprint density at radius 2 is 0.900 bits per heavy atom. The summed E-state index contributed by atoms with van der Waals surface area (Å²) >= 11 is 0. The average Bonchev–Trinajstić information content (AvgIpc) is 3.20. The summed E-state index contributed by atoms with van der Waals surface area (Å²) in [5.74, 6) is -0.848. The van der Waals surface area contributed by atoms with Crippen molar-refractivity contribution in [1.29, 1.82) is 0 Å². The molecule has 0 N–H and O–H groups in total. The highest BCUT2D eigenvalue weighted by Gasteiger charge is 2.21. The molecule has 0 aromatic carbocycles. The maximum absolute atomic E-state index is 12.7. The van der Waals surface area contributed by atoms with E-state index in [2.05, 4.69) is 50.3 Å². The van der Waals surface area contributed by atoms with Crippen molar-refractivity contribution in [2.75, 3.05) is 47.5 Å². The fourth-order valence-electron chi connectivity index (χ4n) is 6.74. The summed E-state index contributed by atoms with van der Waals surface area (Å²) in [5, 5.41) is 0. The molecule has 0 fully saturated rings. The first-order valence-electron chi connectivity index (χ1n) is 24.7. The molecular formula is C50H94NO8P. The van der Waals surface area contributed by atoms with E-state index in [0.29, 0.717) is 17.4 Å². The second kappa shape index (κ2) is 42.5. The number of hydrogen-bond donors (Lipinski definition) is 0. The molecule has 0 heterocycles. The molecule has 0 aliphatic rings. The van der Waals surface area contributed by atoms with Crippen LogP contribution in [0.25, 0.3) is 0 Å². The van der Waals surface area contributed by atoms with Crippen LogP contribution in [0.5, 0.6) is 0 Å². The van der Waals surface area contributed by atoms with E-state index in [-0.39, 0.29) is 32.0 Å². The summed E-state index contributed by atoms with van der Waals surface area (Å²) in [7, 11) is 1.16.